The number of nitrogens with one attached hydrogen (secondary N) is 1. The maximum Gasteiger partial charge on any atom is 0.238 e. The first-order valence-electron chi connectivity index (χ1n) is 6.82. The lowest BCUT2D eigenvalue weighted by molar-refractivity contribution is -0.117. The van der Waals surface area contributed by atoms with E-state index in [2.05, 4.69) is 10.2 Å². The second-order valence-electron chi connectivity index (χ2n) is 5.38. The number of rotatable bonds is 4. The average Bonchev–Trinajstić information content (AvgIpc) is 2.86. The van der Waals surface area contributed by atoms with Gasteiger partial charge in [-0.25, -0.2) is 0 Å². The van der Waals surface area contributed by atoms with Gasteiger partial charge in [0.1, 0.15) is 0 Å². The maximum absolute atomic E-state index is 12.0. The van der Waals surface area contributed by atoms with Gasteiger partial charge in [-0.1, -0.05) is 30.5 Å². The van der Waals surface area contributed by atoms with Crippen LogP contribution >= 0.6 is 11.6 Å². The number of likely N-dealkylation sites (N-methyl/N-ethyl adjacent to an activating group) is 1. The predicted molar refractivity (Wildman–Crippen MR) is 79.7 cm³/mol. The number of nitrogens with zero attached hydrogens (tertiary/aromatic N) is 1. The monoisotopic (exact) mass is 280 g/mol. The summed E-state index contributed by atoms with van der Waals surface area (Å²) in [4.78, 5) is 14.1. The highest BCUT2D eigenvalue weighted by atomic mass is 35.5. The van der Waals surface area contributed by atoms with E-state index in [0.29, 0.717) is 23.3 Å². The van der Waals surface area contributed by atoms with Gasteiger partial charge in [0.2, 0.25) is 5.91 Å². The fraction of sp³-hybridized carbons (Fsp3) is 0.533. The molecular formula is C15H21ClN2O. The van der Waals surface area contributed by atoms with Gasteiger partial charge in [-0.05, 0) is 44.5 Å². The minimum atomic E-state index is 0.000142. The van der Waals surface area contributed by atoms with E-state index in [-0.39, 0.29) is 5.91 Å². The van der Waals surface area contributed by atoms with Crippen LogP contribution in [0.15, 0.2) is 18.2 Å². The van der Waals surface area contributed by atoms with Gasteiger partial charge in [-0.2, -0.15) is 0 Å². The molecule has 1 amide bonds. The molecule has 0 spiro atoms. The van der Waals surface area contributed by atoms with Gasteiger partial charge in [0.15, 0.2) is 0 Å². The second-order valence-corrected chi connectivity index (χ2v) is 5.79. The van der Waals surface area contributed by atoms with Crippen LogP contribution in [-0.4, -0.2) is 30.4 Å². The van der Waals surface area contributed by atoms with Crippen LogP contribution in [0.4, 0.5) is 5.69 Å². The Kier molecular flexibility index (Phi) is 4.83. The molecule has 0 atom stereocenters. The van der Waals surface area contributed by atoms with E-state index >= 15 is 0 Å². The van der Waals surface area contributed by atoms with E-state index in [1.807, 2.05) is 32.2 Å². The van der Waals surface area contributed by atoms with Crippen LogP contribution in [-0.2, 0) is 4.79 Å². The van der Waals surface area contributed by atoms with Crippen LogP contribution in [0.2, 0.25) is 5.02 Å². The number of halogens is 1. The van der Waals surface area contributed by atoms with Crippen molar-refractivity contribution in [2.24, 2.45) is 0 Å². The molecule has 1 fully saturated rings. The van der Waals surface area contributed by atoms with Gasteiger partial charge in [0, 0.05) is 6.04 Å². The Morgan fingerprint density at radius 3 is 2.74 bits per heavy atom. The molecule has 1 N–H and O–H groups in total. The Bertz CT molecular complexity index is 455. The van der Waals surface area contributed by atoms with Gasteiger partial charge in [-0.3, -0.25) is 9.69 Å². The van der Waals surface area contributed by atoms with Gasteiger partial charge in [0.05, 0.1) is 17.3 Å². The van der Waals surface area contributed by atoms with Crippen molar-refractivity contribution in [2.45, 2.75) is 38.6 Å². The molecule has 3 nitrogen and oxygen atoms in total. The SMILES string of the molecule is Cc1ccc(NC(=O)CN(C)C2CCCC2)c(Cl)c1. The molecule has 1 aromatic rings. The first-order chi connectivity index (χ1) is 9.06. The molecule has 1 aliphatic carbocycles. The molecule has 1 saturated carbocycles. The normalized spacial score (nSPS) is 16.0. The van der Waals surface area contributed by atoms with E-state index < -0.39 is 0 Å². The molecule has 4 heteroatoms. The molecule has 0 radical (unpaired) electrons. The van der Waals surface area contributed by atoms with Crippen LogP contribution < -0.4 is 5.32 Å². The van der Waals surface area contributed by atoms with Gasteiger partial charge in [-0.15, -0.1) is 0 Å². The summed E-state index contributed by atoms with van der Waals surface area (Å²) >= 11 is 6.11. The molecular weight excluding hydrogens is 260 g/mol. The Balaban J connectivity index is 1.89. The van der Waals surface area contributed by atoms with Crippen molar-refractivity contribution in [3.8, 4) is 0 Å². The number of anilines is 1. The highest BCUT2D eigenvalue weighted by molar-refractivity contribution is 6.33. The molecule has 0 heterocycles. The number of amides is 1. The van der Waals surface area contributed by atoms with Crippen LogP contribution in [0, 0.1) is 6.92 Å². The first-order valence-corrected chi connectivity index (χ1v) is 7.20. The predicted octanol–water partition coefficient (Wildman–Crippen LogP) is 3.46. The third-order valence-corrected chi connectivity index (χ3v) is 4.05. The van der Waals surface area contributed by atoms with Crippen molar-refractivity contribution < 1.29 is 4.79 Å². The quantitative estimate of drug-likeness (QED) is 0.916. The molecule has 104 valence electrons. The average molecular weight is 281 g/mol. The van der Waals surface area contributed by atoms with Crippen LogP contribution in [0.25, 0.3) is 0 Å². The molecule has 2 rings (SSSR count). The summed E-state index contributed by atoms with van der Waals surface area (Å²) in [6, 6.07) is 6.21. The molecule has 1 aliphatic rings. The Hall–Kier alpha value is -1.06. The summed E-state index contributed by atoms with van der Waals surface area (Å²) in [5, 5.41) is 3.47. The third kappa shape index (κ3) is 3.95. The van der Waals surface area contributed by atoms with Crippen molar-refractivity contribution in [2.75, 3.05) is 18.9 Å². The number of hydrogen-bond donors (Lipinski definition) is 1. The van der Waals surface area contributed by atoms with E-state index in [4.69, 9.17) is 11.6 Å². The summed E-state index contributed by atoms with van der Waals surface area (Å²) in [6.07, 6.45) is 4.96. The number of carbonyl (C=O) groups is 1. The van der Waals surface area contributed by atoms with E-state index in [0.717, 1.165) is 5.56 Å². The minimum absolute atomic E-state index is 0.000142. The molecule has 0 saturated heterocycles. The number of aryl methyl sites for hydroxylation is 1. The zero-order valence-corrected chi connectivity index (χ0v) is 12.3. The van der Waals surface area contributed by atoms with Crippen LogP contribution in [0.1, 0.15) is 31.2 Å². The topological polar surface area (TPSA) is 32.3 Å². The zero-order valence-electron chi connectivity index (χ0n) is 11.6. The minimum Gasteiger partial charge on any atom is -0.324 e. The zero-order chi connectivity index (χ0) is 13.8. The molecule has 1 aromatic carbocycles. The van der Waals surface area contributed by atoms with Gasteiger partial charge >= 0.3 is 0 Å². The fourth-order valence-corrected chi connectivity index (χ4v) is 2.89. The lowest BCUT2D eigenvalue weighted by Crippen LogP contribution is -2.36. The lowest BCUT2D eigenvalue weighted by atomic mass is 10.2. The maximum atomic E-state index is 12.0. The van der Waals surface area contributed by atoms with Gasteiger partial charge < -0.3 is 5.32 Å². The van der Waals surface area contributed by atoms with E-state index in [1.165, 1.54) is 25.7 Å². The second kappa shape index (κ2) is 6.40. The van der Waals surface area contributed by atoms with Crippen LogP contribution in [0.3, 0.4) is 0 Å². The van der Waals surface area contributed by atoms with E-state index in [1.54, 1.807) is 0 Å². The fourth-order valence-electron chi connectivity index (χ4n) is 2.61. The molecule has 0 aromatic heterocycles. The van der Waals surface area contributed by atoms with Crippen molar-refractivity contribution in [3.05, 3.63) is 28.8 Å². The summed E-state index contributed by atoms with van der Waals surface area (Å²) < 4.78 is 0. The summed E-state index contributed by atoms with van der Waals surface area (Å²) in [7, 11) is 2.02. The first kappa shape index (κ1) is 14.4. The number of benzene rings is 1. The van der Waals surface area contributed by atoms with Crippen molar-refractivity contribution in [3.63, 3.8) is 0 Å². The van der Waals surface area contributed by atoms with E-state index in [9.17, 15) is 4.79 Å². The van der Waals surface area contributed by atoms with Crippen LogP contribution in [0.5, 0.6) is 0 Å². The van der Waals surface area contributed by atoms with Crippen molar-refractivity contribution in [1.82, 2.24) is 4.90 Å². The molecule has 0 unspecified atom stereocenters. The summed E-state index contributed by atoms with van der Waals surface area (Å²) in [6.45, 7) is 2.40. The molecule has 0 aliphatic heterocycles. The number of hydrogen-bond acceptors (Lipinski definition) is 2. The third-order valence-electron chi connectivity index (χ3n) is 3.74. The Morgan fingerprint density at radius 2 is 2.11 bits per heavy atom. The molecule has 19 heavy (non-hydrogen) atoms. The summed E-state index contributed by atoms with van der Waals surface area (Å²) in [5.41, 5.74) is 1.78. The largest absolute Gasteiger partial charge is 0.324 e. The Morgan fingerprint density at radius 1 is 1.42 bits per heavy atom. The molecule has 0 bridgehead atoms. The smallest absolute Gasteiger partial charge is 0.238 e. The Labute approximate surface area is 119 Å². The highest BCUT2D eigenvalue weighted by Crippen LogP contribution is 2.24. The van der Waals surface area contributed by atoms with Crippen molar-refractivity contribution in [1.29, 1.82) is 0 Å². The highest BCUT2D eigenvalue weighted by Gasteiger charge is 2.21. The lowest BCUT2D eigenvalue weighted by Gasteiger charge is -2.23. The van der Waals surface area contributed by atoms with Gasteiger partial charge in [0.25, 0.3) is 0 Å². The van der Waals surface area contributed by atoms with Crippen molar-refractivity contribution >= 4 is 23.2 Å². The summed E-state index contributed by atoms with van der Waals surface area (Å²) in [5.74, 6) is 0.000142. The standard InChI is InChI=1S/C15H21ClN2O/c1-11-7-8-14(13(16)9-11)17-15(19)10-18(2)12-5-3-4-6-12/h7-9,12H,3-6,10H2,1-2H3,(H,17,19). The number of carbonyl (C=O) groups excluding carboxylic acids is 1.